The van der Waals surface area contributed by atoms with Gasteiger partial charge in [-0.05, 0) is 11.6 Å². The zero-order valence-electron chi connectivity index (χ0n) is 16.2. The van der Waals surface area contributed by atoms with E-state index in [2.05, 4.69) is 0 Å². The second kappa shape index (κ2) is 10.9. The van der Waals surface area contributed by atoms with Crippen LogP contribution >= 0.6 is 24.8 Å². The van der Waals surface area contributed by atoms with E-state index in [1.54, 1.807) is 30.3 Å². The zero-order valence-corrected chi connectivity index (χ0v) is 17.8. The minimum atomic E-state index is -1.27. The number of carboxylic acid groups (broad SMARTS) is 2. The Bertz CT molecular complexity index is 1130. The highest BCUT2D eigenvalue weighted by atomic mass is 35.5. The molecule has 31 heavy (non-hydrogen) atoms. The average molecular weight is 469 g/mol. The van der Waals surface area contributed by atoms with Crippen LogP contribution in [0.15, 0.2) is 57.7 Å². The van der Waals surface area contributed by atoms with Crippen molar-refractivity contribution in [2.24, 2.45) is 11.5 Å². The molecule has 0 saturated heterocycles. The first kappa shape index (κ1) is 26.1. The highest BCUT2D eigenvalue weighted by Gasteiger charge is 2.31. The van der Waals surface area contributed by atoms with Crippen molar-refractivity contribution in [3.8, 4) is 11.3 Å². The second-order valence-corrected chi connectivity index (χ2v) is 6.54. The number of halogens is 2. The van der Waals surface area contributed by atoms with Crippen LogP contribution in [0.5, 0.6) is 0 Å². The molecule has 0 saturated carbocycles. The SMILES string of the molecule is Cl.Cl.NCC(C(=O)O)c1ccc2c(=O)cc(-c3ccccc3)oc2c1C(CN)C(=O)O. The number of carboxylic acids is 2. The molecule has 0 aliphatic rings. The van der Waals surface area contributed by atoms with Gasteiger partial charge in [0.25, 0.3) is 0 Å². The predicted octanol–water partition coefficient (Wildman–Crippen LogP) is 2.56. The van der Waals surface area contributed by atoms with Gasteiger partial charge in [0.2, 0.25) is 0 Å². The average Bonchev–Trinajstić information content (AvgIpc) is 2.70. The van der Waals surface area contributed by atoms with Crippen LogP contribution in [0.2, 0.25) is 0 Å². The number of carbonyl (C=O) groups is 2. The number of aliphatic carboxylic acids is 2. The maximum absolute atomic E-state index is 12.7. The molecule has 0 fully saturated rings. The third kappa shape index (κ3) is 5.05. The molecule has 3 rings (SSSR count). The highest BCUT2D eigenvalue weighted by molar-refractivity contribution is 5.91. The van der Waals surface area contributed by atoms with Gasteiger partial charge in [-0.1, -0.05) is 36.4 Å². The lowest BCUT2D eigenvalue weighted by molar-refractivity contribution is -0.140. The van der Waals surface area contributed by atoms with Crippen LogP contribution in [0.1, 0.15) is 23.0 Å². The number of rotatable bonds is 7. The summed E-state index contributed by atoms with van der Waals surface area (Å²) in [4.78, 5) is 36.3. The number of hydrogen-bond acceptors (Lipinski definition) is 6. The summed E-state index contributed by atoms with van der Waals surface area (Å²) in [5, 5.41) is 19.4. The van der Waals surface area contributed by atoms with Crippen molar-refractivity contribution in [2.75, 3.05) is 13.1 Å². The van der Waals surface area contributed by atoms with E-state index < -0.39 is 23.8 Å². The van der Waals surface area contributed by atoms with Gasteiger partial charge in [0.15, 0.2) is 5.43 Å². The van der Waals surface area contributed by atoms with Gasteiger partial charge in [0, 0.05) is 30.3 Å². The van der Waals surface area contributed by atoms with Crippen molar-refractivity contribution in [1.82, 2.24) is 0 Å². The number of benzene rings is 2. The fraction of sp³-hybridized carbons (Fsp3) is 0.190. The van der Waals surface area contributed by atoms with Gasteiger partial charge in [-0.2, -0.15) is 0 Å². The lowest BCUT2D eigenvalue weighted by Crippen LogP contribution is -2.28. The normalized spacial score (nSPS) is 12.3. The molecule has 0 radical (unpaired) electrons. The van der Waals surface area contributed by atoms with E-state index in [4.69, 9.17) is 15.9 Å². The fourth-order valence-corrected chi connectivity index (χ4v) is 3.37. The Labute approximate surface area is 189 Å². The first-order valence-corrected chi connectivity index (χ1v) is 8.90. The van der Waals surface area contributed by atoms with Crippen LogP contribution in [-0.2, 0) is 9.59 Å². The predicted molar refractivity (Wildman–Crippen MR) is 121 cm³/mol. The first-order valence-electron chi connectivity index (χ1n) is 8.90. The molecule has 0 aliphatic carbocycles. The molecule has 0 spiro atoms. The van der Waals surface area contributed by atoms with Crippen molar-refractivity contribution in [3.63, 3.8) is 0 Å². The van der Waals surface area contributed by atoms with Crippen LogP contribution in [0.4, 0.5) is 0 Å². The van der Waals surface area contributed by atoms with Crippen LogP contribution in [0.25, 0.3) is 22.3 Å². The Balaban J connectivity index is 0.00000240. The summed E-state index contributed by atoms with van der Waals surface area (Å²) >= 11 is 0. The number of nitrogens with two attached hydrogens (primary N) is 2. The molecule has 2 atom stereocenters. The molecule has 10 heteroatoms. The van der Waals surface area contributed by atoms with Gasteiger partial charge in [0.05, 0.1) is 17.2 Å². The van der Waals surface area contributed by atoms with Gasteiger partial charge >= 0.3 is 11.9 Å². The third-order valence-corrected chi connectivity index (χ3v) is 4.82. The monoisotopic (exact) mass is 468 g/mol. The molecule has 1 heterocycles. The summed E-state index contributed by atoms with van der Waals surface area (Å²) in [5.41, 5.74) is 11.8. The Kier molecular flexibility index (Phi) is 9.20. The molecule has 2 unspecified atom stereocenters. The number of fused-ring (bicyclic) bond motifs is 1. The quantitative estimate of drug-likeness (QED) is 0.411. The summed E-state index contributed by atoms with van der Waals surface area (Å²) in [7, 11) is 0. The van der Waals surface area contributed by atoms with Crippen molar-refractivity contribution < 1.29 is 24.2 Å². The van der Waals surface area contributed by atoms with Gasteiger partial charge in [-0.25, -0.2) is 0 Å². The van der Waals surface area contributed by atoms with E-state index in [1.165, 1.54) is 18.2 Å². The first-order chi connectivity index (χ1) is 13.9. The molecule has 2 aromatic carbocycles. The van der Waals surface area contributed by atoms with E-state index in [9.17, 15) is 24.6 Å². The Morgan fingerprint density at radius 2 is 1.48 bits per heavy atom. The zero-order chi connectivity index (χ0) is 21.1. The van der Waals surface area contributed by atoms with Crippen molar-refractivity contribution in [3.05, 3.63) is 69.9 Å². The molecule has 0 bridgehead atoms. The van der Waals surface area contributed by atoms with Crippen LogP contribution in [-0.4, -0.2) is 35.2 Å². The highest BCUT2D eigenvalue weighted by Crippen LogP contribution is 2.34. The topological polar surface area (TPSA) is 157 Å². The van der Waals surface area contributed by atoms with Crippen molar-refractivity contribution in [2.45, 2.75) is 11.8 Å². The third-order valence-electron chi connectivity index (χ3n) is 4.82. The molecule has 0 aliphatic heterocycles. The van der Waals surface area contributed by atoms with E-state index in [0.29, 0.717) is 5.56 Å². The Hall–Kier alpha value is -2.91. The van der Waals surface area contributed by atoms with Gasteiger partial charge in [0.1, 0.15) is 11.3 Å². The lowest BCUT2D eigenvalue weighted by atomic mass is 9.85. The van der Waals surface area contributed by atoms with Crippen LogP contribution in [0.3, 0.4) is 0 Å². The molecule has 0 amide bonds. The van der Waals surface area contributed by atoms with E-state index in [0.717, 1.165) is 0 Å². The molecule has 6 N–H and O–H groups in total. The maximum Gasteiger partial charge on any atom is 0.312 e. The van der Waals surface area contributed by atoms with E-state index >= 15 is 0 Å². The number of hydrogen-bond donors (Lipinski definition) is 4. The molecular weight excluding hydrogens is 447 g/mol. The second-order valence-electron chi connectivity index (χ2n) is 6.54. The Morgan fingerprint density at radius 3 is 2.00 bits per heavy atom. The fourth-order valence-electron chi connectivity index (χ4n) is 3.37. The molecule has 166 valence electrons. The molecule has 8 nitrogen and oxygen atoms in total. The van der Waals surface area contributed by atoms with Gasteiger partial charge in [-0.15, -0.1) is 24.8 Å². The largest absolute Gasteiger partial charge is 0.481 e. The maximum atomic E-state index is 12.7. The summed E-state index contributed by atoms with van der Waals surface area (Å²) in [6.45, 7) is -0.564. The van der Waals surface area contributed by atoms with Crippen molar-refractivity contribution >= 4 is 47.7 Å². The van der Waals surface area contributed by atoms with E-state index in [1.807, 2.05) is 0 Å². The van der Waals surface area contributed by atoms with Crippen molar-refractivity contribution in [1.29, 1.82) is 0 Å². The summed E-state index contributed by atoms with van der Waals surface area (Å²) in [5.74, 6) is -4.67. The summed E-state index contributed by atoms with van der Waals surface area (Å²) < 4.78 is 5.96. The molecule has 1 aromatic heterocycles. The van der Waals surface area contributed by atoms with E-state index in [-0.39, 0.29) is 71.2 Å². The minimum absolute atomic E-state index is 0. The smallest absolute Gasteiger partial charge is 0.312 e. The molecular formula is C21H22Cl2N2O6. The Morgan fingerprint density at radius 1 is 0.903 bits per heavy atom. The standard InChI is InChI=1S/C21H20N2O6.2ClH/c22-9-14(20(25)26)12-6-7-13-16(24)8-17(11-4-2-1-3-5-11)29-19(13)18(12)15(10-23)21(27)28;;/h1-8,14-15H,9-10,22-23H2,(H,25,26)(H,27,28);2*1H. The van der Waals surface area contributed by atoms with Crippen LogP contribution in [0, 0.1) is 0 Å². The summed E-state index contributed by atoms with van der Waals surface area (Å²) in [6.07, 6.45) is 0. The summed E-state index contributed by atoms with van der Waals surface area (Å²) in [6, 6.07) is 13.0. The molecule has 3 aromatic rings. The minimum Gasteiger partial charge on any atom is -0.481 e. The van der Waals surface area contributed by atoms with Gasteiger partial charge < -0.3 is 26.1 Å². The lowest BCUT2D eigenvalue weighted by Gasteiger charge is -2.21. The van der Waals surface area contributed by atoms with Gasteiger partial charge in [-0.3, -0.25) is 14.4 Å². The van der Waals surface area contributed by atoms with Crippen LogP contribution < -0.4 is 16.9 Å².